The number of methoxy groups -OCH3 is 1. The van der Waals surface area contributed by atoms with Crippen LogP contribution in [0.1, 0.15) is 12.0 Å². The maximum absolute atomic E-state index is 12.2. The average Bonchev–Trinajstić information content (AvgIpc) is 2.98. The summed E-state index contributed by atoms with van der Waals surface area (Å²) in [4.78, 5) is 0. The minimum absolute atomic E-state index is 0.0645. The summed E-state index contributed by atoms with van der Waals surface area (Å²) < 4.78 is 46.5. The molecule has 4 nitrogen and oxygen atoms in total. The van der Waals surface area contributed by atoms with Crippen LogP contribution in [0.4, 0.5) is 13.2 Å². The molecule has 128 valence electrons. The quantitative estimate of drug-likeness (QED) is 0.754. The first-order valence-electron chi connectivity index (χ1n) is 7.30. The molecule has 2 N–H and O–H groups in total. The molecule has 0 saturated heterocycles. The Kier molecular flexibility index (Phi) is 5.90. The summed E-state index contributed by atoms with van der Waals surface area (Å²) in [6, 6.07) is 5.01. The first-order valence-corrected chi connectivity index (χ1v) is 7.30. The molecule has 0 heterocycles. The summed E-state index contributed by atoms with van der Waals surface area (Å²) >= 11 is 0. The highest BCUT2D eigenvalue weighted by molar-refractivity contribution is 5.43. The Labute approximate surface area is 132 Å². The lowest BCUT2D eigenvalue weighted by Gasteiger charge is -2.15. The summed E-state index contributed by atoms with van der Waals surface area (Å²) in [5.41, 5.74) is 0.877. The van der Waals surface area contributed by atoms with Gasteiger partial charge < -0.3 is 19.9 Å². The van der Waals surface area contributed by atoms with Gasteiger partial charge in [0.25, 0.3) is 0 Å². The van der Waals surface area contributed by atoms with Crippen LogP contribution in [0.15, 0.2) is 30.4 Å². The number of ether oxygens (including phenoxy) is 2. The van der Waals surface area contributed by atoms with Gasteiger partial charge in [0, 0.05) is 25.1 Å². The molecule has 1 aromatic rings. The van der Waals surface area contributed by atoms with Crippen LogP contribution in [0.3, 0.4) is 0 Å². The molecule has 0 fully saturated rings. The van der Waals surface area contributed by atoms with Crippen molar-refractivity contribution >= 4 is 0 Å². The zero-order chi connectivity index (χ0) is 16.9. The predicted octanol–water partition coefficient (Wildman–Crippen LogP) is 2.66. The zero-order valence-electron chi connectivity index (χ0n) is 12.8. The number of hydrogen-bond donors (Lipinski definition) is 2. The zero-order valence-corrected chi connectivity index (χ0v) is 12.8. The smallest absolute Gasteiger partial charge is 0.422 e. The fourth-order valence-electron chi connectivity index (χ4n) is 2.41. The largest absolute Gasteiger partial charge is 0.493 e. The van der Waals surface area contributed by atoms with Crippen LogP contribution in [-0.4, -0.2) is 37.6 Å². The van der Waals surface area contributed by atoms with E-state index in [9.17, 15) is 13.2 Å². The fourth-order valence-corrected chi connectivity index (χ4v) is 2.41. The van der Waals surface area contributed by atoms with E-state index < -0.39 is 12.8 Å². The van der Waals surface area contributed by atoms with Crippen LogP contribution >= 0.6 is 0 Å². The van der Waals surface area contributed by atoms with Crippen molar-refractivity contribution in [3.8, 4) is 11.5 Å². The molecule has 1 aliphatic rings. The summed E-state index contributed by atoms with van der Waals surface area (Å²) in [7, 11) is 1.39. The molecule has 0 saturated carbocycles. The number of aliphatic hydroxyl groups excluding tert-OH is 1. The monoisotopic (exact) mass is 331 g/mol. The Morgan fingerprint density at radius 1 is 1.26 bits per heavy atom. The lowest BCUT2D eigenvalue weighted by molar-refractivity contribution is -0.153. The number of alkyl halides is 3. The number of hydrogen-bond acceptors (Lipinski definition) is 4. The molecule has 0 aromatic heterocycles. The maximum atomic E-state index is 12.2. The average molecular weight is 331 g/mol. The van der Waals surface area contributed by atoms with Gasteiger partial charge in [-0.05, 0) is 24.1 Å². The number of nitrogens with one attached hydrogen (secondary N) is 1. The van der Waals surface area contributed by atoms with E-state index >= 15 is 0 Å². The molecule has 1 aromatic carbocycles. The van der Waals surface area contributed by atoms with Crippen LogP contribution < -0.4 is 14.8 Å². The Balaban J connectivity index is 1.92. The molecule has 2 atom stereocenters. The van der Waals surface area contributed by atoms with Gasteiger partial charge in [-0.15, -0.1) is 0 Å². The lowest BCUT2D eigenvalue weighted by Crippen LogP contribution is -2.26. The van der Waals surface area contributed by atoms with Gasteiger partial charge in [-0.1, -0.05) is 18.2 Å². The van der Waals surface area contributed by atoms with Crippen molar-refractivity contribution in [2.45, 2.75) is 25.2 Å². The molecule has 0 aliphatic heterocycles. The number of benzene rings is 1. The first-order chi connectivity index (χ1) is 10.9. The van der Waals surface area contributed by atoms with Crippen molar-refractivity contribution in [2.75, 3.05) is 20.3 Å². The summed E-state index contributed by atoms with van der Waals surface area (Å²) in [5, 5.41) is 12.4. The van der Waals surface area contributed by atoms with Gasteiger partial charge in [-0.2, -0.15) is 13.2 Å². The topological polar surface area (TPSA) is 50.7 Å². The Bertz CT molecular complexity index is 546. The molecule has 0 unspecified atom stereocenters. The highest BCUT2D eigenvalue weighted by Gasteiger charge is 2.29. The van der Waals surface area contributed by atoms with E-state index in [4.69, 9.17) is 14.6 Å². The van der Waals surface area contributed by atoms with E-state index in [1.54, 1.807) is 12.1 Å². The highest BCUT2D eigenvalue weighted by atomic mass is 19.4. The highest BCUT2D eigenvalue weighted by Crippen LogP contribution is 2.30. The lowest BCUT2D eigenvalue weighted by atomic mass is 10.1. The van der Waals surface area contributed by atoms with Gasteiger partial charge in [-0.3, -0.25) is 0 Å². The molecule has 1 aliphatic carbocycles. The number of aliphatic hydroxyl groups is 1. The van der Waals surface area contributed by atoms with E-state index in [-0.39, 0.29) is 30.1 Å². The molecule has 0 radical (unpaired) electrons. The molecular formula is C16H20F3NO3. The maximum Gasteiger partial charge on any atom is 0.422 e. The SMILES string of the molecule is COc1cc(CN[C@@H]2C=C[C@H](CO)C2)ccc1OCC(F)(F)F. The van der Waals surface area contributed by atoms with Crippen LogP contribution in [0.5, 0.6) is 11.5 Å². The second-order valence-corrected chi connectivity index (χ2v) is 5.44. The van der Waals surface area contributed by atoms with E-state index in [0.717, 1.165) is 12.0 Å². The van der Waals surface area contributed by atoms with E-state index in [1.807, 2.05) is 12.2 Å². The third-order valence-electron chi connectivity index (χ3n) is 3.59. The molecule has 7 heteroatoms. The second kappa shape index (κ2) is 7.70. The Hall–Kier alpha value is -1.73. The summed E-state index contributed by atoms with van der Waals surface area (Å²) in [5.74, 6) is 0.513. The third kappa shape index (κ3) is 5.44. The number of rotatable bonds is 7. The number of halogens is 3. The van der Waals surface area contributed by atoms with Gasteiger partial charge in [0.2, 0.25) is 0 Å². The van der Waals surface area contributed by atoms with E-state index in [2.05, 4.69) is 5.32 Å². The van der Waals surface area contributed by atoms with Crippen LogP contribution in [-0.2, 0) is 6.54 Å². The summed E-state index contributed by atoms with van der Waals surface area (Å²) in [6.07, 6.45) is 0.439. The Morgan fingerprint density at radius 3 is 2.65 bits per heavy atom. The van der Waals surface area contributed by atoms with Crippen LogP contribution in [0, 0.1) is 5.92 Å². The molecule has 23 heavy (non-hydrogen) atoms. The standard InChI is InChI=1S/C16H20F3NO3/c1-22-15-7-11(3-5-14(15)23-10-16(17,18)19)8-20-13-4-2-12(6-13)9-21/h2-5,7,12-13,20-21H,6,8-10H2,1H3/t12-,13+/m0/s1. The normalized spacial score (nSPS) is 20.7. The van der Waals surface area contributed by atoms with Crippen LogP contribution in [0.2, 0.25) is 0 Å². The van der Waals surface area contributed by atoms with Crippen molar-refractivity contribution in [1.29, 1.82) is 0 Å². The fraction of sp³-hybridized carbons (Fsp3) is 0.500. The predicted molar refractivity (Wildman–Crippen MR) is 79.5 cm³/mol. The van der Waals surface area contributed by atoms with Crippen molar-refractivity contribution < 1.29 is 27.8 Å². The van der Waals surface area contributed by atoms with E-state index in [1.165, 1.54) is 13.2 Å². The molecule has 0 spiro atoms. The molecular weight excluding hydrogens is 311 g/mol. The van der Waals surface area contributed by atoms with Crippen molar-refractivity contribution in [3.05, 3.63) is 35.9 Å². The minimum Gasteiger partial charge on any atom is -0.493 e. The molecule has 2 rings (SSSR count). The van der Waals surface area contributed by atoms with Gasteiger partial charge >= 0.3 is 6.18 Å². The van der Waals surface area contributed by atoms with Crippen molar-refractivity contribution in [2.24, 2.45) is 5.92 Å². The van der Waals surface area contributed by atoms with Crippen molar-refractivity contribution in [3.63, 3.8) is 0 Å². The molecule has 0 bridgehead atoms. The summed E-state index contributed by atoms with van der Waals surface area (Å²) in [6.45, 7) is -0.673. The third-order valence-corrected chi connectivity index (χ3v) is 3.59. The first kappa shape index (κ1) is 17.6. The Morgan fingerprint density at radius 2 is 2.04 bits per heavy atom. The minimum atomic E-state index is -4.39. The van der Waals surface area contributed by atoms with E-state index in [0.29, 0.717) is 6.54 Å². The van der Waals surface area contributed by atoms with Gasteiger partial charge in [0.15, 0.2) is 18.1 Å². The van der Waals surface area contributed by atoms with Crippen LogP contribution in [0.25, 0.3) is 0 Å². The van der Waals surface area contributed by atoms with Gasteiger partial charge in [0.1, 0.15) is 0 Å². The van der Waals surface area contributed by atoms with Gasteiger partial charge in [-0.25, -0.2) is 0 Å². The second-order valence-electron chi connectivity index (χ2n) is 5.44. The van der Waals surface area contributed by atoms with Gasteiger partial charge in [0.05, 0.1) is 7.11 Å². The van der Waals surface area contributed by atoms with Crippen molar-refractivity contribution in [1.82, 2.24) is 5.32 Å². The molecule has 0 amide bonds.